The van der Waals surface area contributed by atoms with Crippen LogP contribution in [0.5, 0.6) is 0 Å². The summed E-state index contributed by atoms with van der Waals surface area (Å²) in [7, 11) is 0. The van der Waals surface area contributed by atoms with Crippen molar-refractivity contribution in [1.82, 2.24) is 15.0 Å². The van der Waals surface area contributed by atoms with Crippen LogP contribution in [0.25, 0.3) is 0 Å². The monoisotopic (exact) mass is 212 g/mol. The summed E-state index contributed by atoms with van der Waals surface area (Å²) in [6.45, 7) is 6.42. The van der Waals surface area contributed by atoms with E-state index in [1.165, 1.54) is 0 Å². The molecular weight excluding hydrogens is 192 g/mol. The Labute approximate surface area is 90.6 Å². The zero-order valence-corrected chi connectivity index (χ0v) is 9.57. The summed E-state index contributed by atoms with van der Waals surface area (Å²) in [5.74, 6) is 0.548. The summed E-state index contributed by atoms with van der Waals surface area (Å²) < 4.78 is 7.24. The maximum absolute atomic E-state index is 5.72. The number of rotatable bonds is 7. The van der Waals surface area contributed by atoms with Crippen LogP contribution in [0.2, 0.25) is 0 Å². The van der Waals surface area contributed by atoms with Gasteiger partial charge in [-0.1, -0.05) is 25.5 Å². The SMILES string of the molecule is CCCOCCn1nnc(N)c1CCC. The van der Waals surface area contributed by atoms with Gasteiger partial charge in [-0.25, -0.2) is 4.68 Å². The van der Waals surface area contributed by atoms with Crippen molar-refractivity contribution in [2.45, 2.75) is 39.7 Å². The first kappa shape index (κ1) is 12.0. The van der Waals surface area contributed by atoms with Gasteiger partial charge in [0.1, 0.15) is 0 Å². The Balaban J connectivity index is 2.45. The Morgan fingerprint density at radius 3 is 2.73 bits per heavy atom. The van der Waals surface area contributed by atoms with E-state index in [9.17, 15) is 0 Å². The highest BCUT2D eigenvalue weighted by Gasteiger charge is 2.08. The van der Waals surface area contributed by atoms with Gasteiger partial charge in [-0.3, -0.25) is 0 Å². The normalized spacial score (nSPS) is 10.8. The predicted octanol–water partition coefficient (Wildman–Crippen LogP) is 1.24. The second-order valence-corrected chi connectivity index (χ2v) is 3.51. The highest BCUT2D eigenvalue weighted by Crippen LogP contribution is 2.09. The Hall–Kier alpha value is -1.10. The average Bonchev–Trinajstić information content (AvgIpc) is 2.57. The molecule has 5 heteroatoms. The van der Waals surface area contributed by atoms with E-state index in [4.69, 9.17) is 10.5 Å². The number of nitrogens with zero attached hydrogens (tertiary/aromatic N) is 3. The molecule has 0 saturated carbocycles. The minimum atomic E-state index is 0.548. The number of hydrogen-bond donors (Lipinski definition) is 1. The lowest BCUT2D eigenvalue weighted by molar-refractivity contribution is 0.123. The van der Waals surface area contributed by atoms with Crippen molar-refractivity contribution in [2.75, 3.05) is 18.9 Å². The highest BCUT2D eigenvalue weighted by molar-refractivity contribution is 5.32. The molecule has 1 heterocycles. The van der Waals surface area contributed by atoms with E-state index in [1.54, 1.807) is 0 Å². The molecule has 0 radical (unpaired) electrons. The van der Waals surface area contributed by atoms with Gasteiger partial charge in [-0.15, -0.1) is 5.10 Å². The number of nitrogen functional groups attached to an aromatic ring is 1. The van der Waals surface area contributed by atoms with Crippen LogP contribution < -0.4 is 5.73 Å². The molecule has 1 aromatic rings. The fraction of sp³-hybridized carbons (Fsp3) is 0.800. The maximum Gasteiger partial charge on any atom is 0.169 e. The molecule has 0 amide bonds. The van der Waals surface area contributed by atoms with Crippen LogP contribution in [0.15, 0.2) is 0 Å². The summed E-state index contributed by atoms with van der Waals surface area (Å²) in [4.78, 5) is 0. The Morgan fingerprint density at radius 2 is 2.07 bits per heavy atom. The minimum absolute atomic E-state index is 0.548. The van der Waals surface area contributed by atoms with Crippen LogP contribution in [-0.4, -0.2) is 28.2 Å². The van der Waals surface area contributed by atoms with Crippen molar-refractivity contribution in [2.24, 2.45) is 0 Å². The van der Waals surface area contributed by atoms with Crippen molar-refractivity contribution in [3.63, 3.8) is 0 Å². The van der Waals surface area contributed by atoms with Crippen LogP contribution in [0.4, 0.5) is 5.82 Å². The van der Waals surface area contributed by atoms with Gasteiger partial charge in [0.15, 0.2) is 5.82 Å². The Bertz CT molecular complexity index is 285. The third kappa shape index (κ3) is 3.51. The standard InChI is InChI=1S/C10H20N4O/c1-3-5-9-10(11)12-13-14(9)6-8-15-7-4-2/h3-8,11H2,1-2H3. The van der Waals surface area contributed by atoms with E-state index >= 15 is 0 Å². The van der Waals surface area contributed by atoms with Crippen molar-refractivity contribution in [1.29, 1.82) is 0 Å². The van der Waals surface area contributed by atoms with Crippen molar-refractivity contribution >= 4 is 5.82 Å². The summed E-state index contributed by atoms with van der Waals surface area (Å²) >= 11 is 0. The lowest BCUT2D eigenvalue weighted by Crippen LogP contribution is -2.11. The molecule has 86 valence electrons. The molecule has 0 aromatic carbocycles. The van der Waals surface area contributed by atoms with E-state index in [-0.39, 0.29) is 0 Å². The van der Waals surface area contributed by atoms with Crippen LogP contribution in [0, 0.1) is 0 Å². The Morgan fingerprint density at radius 1 is 1.27 bits per heavy atom. The molecule has 0 bridgehead atoms. The third-order valence-electron chi connectivity index (χ3n) is 2.15. The maximum atomic E-state index is 5.72. The molecule has 0 fully saturated rings. The largest absolute Gasteiger partial charge is 0.381 e. The summed E-state index contributed by atoms with van der Waals surface area (Å²) in [5, 5.41) is 7.86. The zero-order chi connectivity index (χ0) is 11.1. The lowest BCUT2D eigenvalue weighted by Gasteiger charge is -2.06. The molecular formula is C10H20N4O. The van der Waals surface area contributed by atoms with E-state index < -0.39 is 0 Å². The van der Waals surface area contributed by atoms with Crippen molar-refractivity contribution < 1.29 is 4.74 Å². The number of anilines is 1. The van der Waals surface area contributed by atoms with E-state index in [0.29, 0.717) is 12.4 Å². The number of ether oxygens (including phenoxy) is 1. The van der Waals surface area contributed by atoms with Gasteiger partial charge in [-0.2, -0.15) is 0 Å². The summed E-state index contributed by atoms with van der Waals surface area (Å²) in [6, 6.07) is 0. The topological polar surface area (TPSA) is 66.0 Å². The molecule has 0 aliphatic carbocycles. The predicted molar refractivity (Wildman–Crippen MR) is 59.5 cm³/mol. The average molecular weight is 212 g/mol. The van der Waals surface area contributed by atoms with Crippen LogP contribution in [-0.2, 0) is 17.7 Å². The second kappa shape index (κ2) is 6.40. The summed E-state index contributed by atoms with van der Waals surface area (Å²) in [5.41, 5.74) is 6.75. The fourth-order valence-corrected chi connectivity index (χ4v) is 1.42. The lowest BCUT2D eigenvalue weighted by atomic mass is 10.2. The van der Waals surface area contributed by atoms with Gasteiger partial charge in [0, 0.05) is 6.61 Å². The van der Waals surface area contributed by atoms with Gasteiger partial charge >= 0.3 is 0 Å². The molecule has 0 spiro atoms. The molecule has 0 aliphatic heterocycles. The van der Waals surface area contributed by atoms with Gasteiger partial charge in [-0.05, 0) is 12.8 Å². The third-order valence-corrected chi connectivity index (χ3v) is 2.15. The number of hydrogen-bond acceptors (Lipinski definition) is 4. The van der Waals surface area contributed by atoms with E-state index in [2.05, 4.69) is 24.2 Å². The smallest absolute Gasteiger partial charge is 0.169 e. The number of aromatic nitrogens is 3. The van der Waals surface area contributed by atoms with Crippen LogP contribution in [0.1, 0.15) is 32.4 Å². The molecule has 1 aromatic heterocycles. The molecule has 2 N–H and O–H groups in total. The van der Waals surface area contributed by atoms with Gasteiger partial charge < -0.3 is 10.5 Å². The Kier molecular flexibility index (Phi) is 5.10. The molecule has 0 aliphatic rings. The molecule has 0 saturated heterocycles. The first-order valence-electron chi connectivity index (χ1n) is 5.55. The van der Waals surface area contributed by atoms with Crippen molar-refractivity contribution in [3.8, 4) is 0 Å². The summed E-state index contributed by atoms with van der Waals surface area (Å²) in [6.07, 6.45) is 3.02. The van der Waals surface area contributed by atoms with Gasteiger partial charge in [0.05, 0.1) is 18.8 Å². The van der Waals surface area contributed by atoms with Crippen LogP contribution >= 0.6 is 0 Å². The molecule has 5 nitrogen and oxygen atoms in total. The second-order valence-electron chi connectivity index (χ2n) is 3.51. The minimum Gasteiger partial charge on any atom is -0.381 e. The first-order valence-corrected chi connectivity index (χ1v) is 5.55. The van der Waals surface area contributed by atoms with Crippen molar-refractivity contribution in [3.05, 3.63) is 5.69 Å². The van der Waals surface area contributed by atoms with E-state index in [0.717, 1.165) is 38.1 Å². The first-order chi connectivity index (χ1) is 7.29. The fourth-order valence-electron chi connectivity index (χ4n) is 1.42. The quantitative estimate of drug-likeness (QED) is 0.690. The van der Waals surface area contributed by atoms with Crippen LogP contribution in [0.3, 0.4) is 0 Å². The molecule has 1 rings (SSSR count). The highest BCUT2D eigenvalue weighted by atomic mass is 16.5. The zero-order valence-electron chi connectivity index (χ0n) is 9.57. The van der Waals surface area contributed by atoms with Gasteiger partial charge in [0.2, 0.25) is 0 Å². The van der Waals surface area contributed by atoms with Gasteiger partial charge in [0.25, 0.3) is 0 Å². The molecule has 0 unspecified atom stereocenters. The van der Waals surface area contributed by atoms with E-state index in [1.807, 2.05) is 4.68 Å². The molecule has 15 heavy (non-hydrogen) atoms. The number of nitrogens with two attached hydrogens (primary N) is 1. The molecule has 0 atom stereocenters.